The van der Waals surface area contributed by atoms with E-state index in [9.17, 15) is 0 Å². The van der Waals surface area contributed by atoms with Crippen LogP contribution in [0.3, 0.4) is 0 Å². The second-order valence-corrected chi connectivity index (χ2v) is 5.99. The highest BCUT2D eigenvalue weighted by atomic mass is 32.2. The summed E-state index contributed by atoms with van der Waals surface area (Å²) in [5.41, 5.74) is 7.94. The van der Waals surface area contributed by atoms with Crippen molar-refractivity contribution in [3.05, 3.63) is 23.8 Å². The molecular formula is C13H21NOS. The third-order valence-electron chi connectivity index (χ3n) is 2.04. The molecule has 0 atom stereocenters. The van der Waals surface area contributed by atoms with Crippen LogP contribution in [0.25, 0.3) is 0 Å². The number of thioether (sulfide) groups is 1. The predicted molar refractivity (Wildman–Crippen MR) is 72.0 cm³/mol. The number of hydrogen-bond donors (Lipinski definition) is 1. The van der Waals surface area contributed by atoms with Crippen LogP contribution in [0.5, 0.6) is 0 Å². The minimum atomic E-state index is -0.0562. The molecular weight excluding hydrogens is 218 g/mol. The predicted octanol–water partition coefficient (Wildman–Crippen LogP) is 3.48. The lowest BCUT2D eigenvalue weighted by atomic mass is 10.2. The van der Waals surface area contributed by atoms with E-state index in [1.54, 1.807) is 11.8 Å². The molecule has 2 N–H and O–H groups in total. The average Bonchev–Trinajstić information content (AvgIpc) is 2.13. The van der Waals surface area contributed by atoms with Crippen molar-refractivity contribution in [3.8, 4) is 0 Å². The number of aryl methyl sites for hydroxylation is 1. The van der Waals surface area contributed by atoms with Crippen LogP contribution in [0, 0.1) is 6.92 Å². The van der Waals surface area contributed by atoms with E-state index in [1.807, 2.05) is 13.0 Å². The molecule has 0 aliphatic heterocycles. The topological polar surface area (TPSA) is 35.2 Å². The van der Waals surface area contributed by atoms with Gasteiger partial charge in [-0.2, -0.15) is 0 Å². The Morgan fingerprint density at radius 2 is 2.00 bits per heavy atom. The van der Waals surface area contributed by atoms with Crippen molar-refractivity contribution in [3.63, 3.8) is 0 Å². The van der Waals surface area contributed by atoms with E-state index < -0.39 is 0 Å². The molecule has 0 aromatic heterocycles. The summed E-state index contributed by atoms with van der Waals surface area (Å²) in [5, 5.41) is 0. The van der Waals surface area contributed by atoms with Crippen molar-refractivity contribution < 1.29 is 4.74 Å². The molecule has 1 rings (SSSR count). The van der Waals surface area contributed by atoms with Gasteiger partial charge >= 0.3 is 0 Å². The number of anilines is 1. The van der Waals surface area contributed by atoms with Crippen LogP contribution >= 0.6 is 11.8 Å². The van der Waals surface area contributed by atoms with Gasteiger partial charge < -0.3 is 10.5 Å². The van der Waals surface area contributed by atoms with Gasteiger partial charge in [-0.3, -0.25) is 0 Å². The second kappa shape index (κ2) is 5.60. The summed E-state index contributed by atoms with van der Waals surface area (Å²) >= 11 is 1.75. The molecule has 1 aromatic carbocycles. The molecule has 3 heteroatoms. The van der Waals surface area contributed by atoms with Gasteiger partial charge in [0.05, 0.1) is 12.2 Å². The van der Waals surface area contributed by atoms with Crippen molar-refractivity contribution in [2.75, 3.05) is 18.1 Å². The third-order valence-corrected chi connectivity index (χ3v) is 3.09. The highest BCUT2D eigenvalue weighted by molar-refractivity contribution is 7.99. The summed E-state index contributed by atoms with van der Waals surface area (Å²) in [7, 11) is 0. The Morgan fingerprint density at radius 1 is 1.31 bits per heavy atom. The zero-order valence-corrected chi connectivity index (χ0v) is 11.4. The zero-order valence-electron chi connectivity index (χ0n) is 10.5. The fourth-order valence-corrected chi connectivity index (χ4v) is 2.08. The molecule has 0 bridgehead atoms. The lowest BCUT2D eigenvalue weighted by Gasteiger charge is -2.19. The Labute approximate surface area is 103 Å². The van der Waals surface area contributed by atoms with Crippen LogP contribution in [-0.4, -0.2) is 18.0 Å². The number of nitrogens with two attached hydrogens (primary N) is 1. The molecule has 0 aliphatic carbocycles. The maximum Gasteiger partial charge on any atom is 0.0598 e. The van der Waals surface area contributed by atoms with Crippen LogP contribution in [0.1, 0.15) is 26.3 Å². The van der Waals surface area contributed by atoms with Gasteiger partial charge in [0.1, 0.15) is 0 Å². The van der Waals surface area contributed by atoms with Crippen molar-refractivity contribution in [2.24, 2.45) is 0 Å². The highest BCUT2D eigenvalue weighted by Gasteiger charge is 2.09. The summed E-state index contributed by atoms with van der Waals surface area (Å²) in [5.74, 6) is 0.935. The fourth-order valence-electron chi connectivity index (χ4n) is 1.30. The molecule has 0 saturated carbocycles. The monoisotopic (exact) mass is 239 g/mol. The van der Waals surface area contributed by atoms with E-state index in [0.717, 1.165) is 22.9 Å². The lowest BCUT2D eigenvalue weighted by molar-refractivity contribution is 0.00695. The molecule has 0 amide bonds. The Kier molecular flexibility index (Phi) is 4.69. The lowest BCUT2D eigenvalue weighted by Crippen LogP contribution is -2.20. The molecule has 2 nitrogen and oxygen atoms in total. The minimum absolute atomic E-state index is 0.0562. The van der Waals surface area contributed by atoms with Gasteiger partial charge in [0.25, 0.3) is 0 Å². The Hall–Kier alpha value is -0.670. The minimum Gasteiger partial charge on any atom is -0.398 e. The summed E-state index contributed by atoms with van der Waals surface area (Å²) in [6, 6.07) is 6.17. The molecule has 0 saturated heterocycles. The number of ether oxygens (including phenoxy) is 1. The average molecular weight is 239 g/mol. The van der Waals surface area contributed by atoms with Gasteiger partial charge in [-0.05, 0) is 45.4 Å². The fraction of sp³-hybridized carbons (Fsp3) is 0.538. The molecule has 0 heterocycles. The standard InChI is InChI=1S/C13H21NOS/c1-10-5-6-12(11(14)9-10)16-8-7-15-13(2,3)4/h5-6,9H,7-8,14H2,1-4H3. The number of nitrogen functional groups attached to an aromatic ring is 1. The quantitative estimate of drug-likeness (QED) is 0.496. The van der Waals surface area contributed by atoms with Crippen molar-refractivity contribution in [1.82, 2.24) is 0 Å². The smallest absolute Gasteiger partial charge is 0.0598 e. The first-order valence-electron chi connectivity index (χ1n) is 5.51. The largest absolute Gasteiger partial charge is 0.398 e. The van der Waals surface area contributed by atoms with Crippen LogP contribution in [0.4, 0.5) is 5.69 Å². The highest BCUT2D eigenvalue weighted by Crippen LogP contribution is 2.25. The molecule has 16 heavy (non-hydrogen) atoms. The Morgan fingerprint density at radius 3 is 2.56 bits per heavy atom. The molecule has 0 fully saturated rings. The first-order chi connectivity index (χ1) is 7.38. The van der Waals surface area contributed by atoms with Crippen molar-refractivity contribution >= 4 is 17.4 Å². The van der Waals surface area contributed by atoms with Gasteiger partial charge in [0.2, 0.25) is 0 Å². The van der Waals surface area contributed by atoms with E-state index in [4.69, 9.17) is 10.5 Å². The van der Waals surface area contributed by atoms with E-state index >= 15 is 0 Å². The summed E-state index contributed by atoms with van der Waals surface area (Å²) in [6.45, 7) is 9.00. The first-order valence-corrected chi connectivity index (χ1v) is 6.50. The first kappa shape index (κ1) is 13.4. The summed E-state index contributed by atoms with van der Waals surface area (Å²) < 4.78 is 5.65. The normalized spacial score (nSPS) is 11.8. The van der Waals surface area contributed by atoms with Gasteiger partial charge in [-0.25, -0.2) is 0 Å². The van der Waals surface area contributed by atoms with E-state index in [-0.39, 0.29) is 5.60 Å². The van der Waals surface area contributed by atoms with Gasteiger partial charge in [0, 0.05) is 16.3 Å². The van der Waals surface area contributed by atoms with Crippen LogP contribution in [-0.2, 0) is 4.74 Å². The van der Waals surface area contributed by atoms with E-state index in [0.29, 0.717) is 0 Å². The molecule has 90 valence electrons. The molecule has 1 aromatic rings. The molecule has 0 unspecified atom stereocenters. The molecule has 0 radical (unpaired) electrons. The van der Waals surface area contributed by atoms with E-state index in [1.165, 1.54) is 5.56 Å². The number of rotatable bonds is 4. The maximum atomic E-state index is 5.93. The van der Waals surface area contributed by atoms with E-state index in [2.05, 4.69) is 32.9 Å². The molecule has 0 spiro atoms. The van der Waals surface area contributed by atoms with Crippen molar-refractivity contribution in [1.29, 1.82) is 0 Å². The zero-order chi connectivity index (χ0) is 12.2. The van der Waals surface area contributed by atoms with Gasteiger partial charge in [-0.15, -0.1) is 11.8 Å². The Balaban J connectivity index is 2.38. The van der Waals surface area contributed by atoms with Crippen LogP contribution in [0.2, 0.25) is 0 Å². The second-order valence-electron chi connectivity index (χ2n) is 4.85. The summed E-state index contributed by atoms with van der Waals surface area (Å²) in [4.78, 5) is 1.14. The number of benzene rings is 1. The summed E-state index contributed by atoms with van der Waals surface area (Å²) in [6.07, 6.45) is 0. The molecule has 0 aliphatic rings. The maximum absolute atomic E-state index is 5.93. The SMILES string of the molecule is Cc1ccc(SCCOC(C)(C)C)c(N)c1. The van der Waals surface area contributed by atoms with Crippen LogP contribution in [0.15, 0.2) is 23.1 Å². The number of hydrogen-bond acceptors (Lipinski definition) is 3. The third kappa shape index (κ3) is 4.90. The van der Waals surface area contributed by atoms with Gasteiger partial charge in [0.15, 0.2) is 0 Å². The van der Waals surface area contributed by atoms with Crippen LogP contribution < -0.4 is 5.73 Å². The van der Waals surface area contributed by atoms with Gasteiger partial charge in [-0.1, -0.05) is 6.07 Å². The Bertz CT molecular complexity index is 344. The van der Waals surface area contributed by atoms with Crippen molar-refractivity contribution in [2.45, 2.75) is 38.2 Å².